The number of aromatic nitrogens is 3. The van der Waals surface area contributed by atoms with Crippen LogP contribution in [0.2, 0.25) is 5.02 Å². The number of carboxylic acids is 1. The largest absolute Gasteiger partial charge is 0.478 e. The lowest BCUT2D eigenvalue weighted by atomic mass is 10.2. The molecule has 0 unspecified atom stereocenters. The van der Waals surface area contributed by atoms with Gasteiger partial charge in [0.05, 0.1) is 16.3 Å². The second-order valence-electron chi connectivity index (χ2n) is 6.91. The molecule has 7 nitrogen and oxygen atoms in total. The van der Waals surface area contributed by atoms with Crippen molar-refractivity contribution in [3.63, 3.8) is 0 Å². The number of pyridine rings is 2. The van der Waals surface area contributed by atoms with Crippen molar-refractivity contribution in [1.29, 1.82) is 0 Å². The van der Waals surface area contributed by atoms with Crippen molar-refractivity contribution in [1.82, 2.24) is 15.0 Å². The maximum absolute atomic E-state index is 11.4. The Morgan fingerprint density at radius 3 is 2.82 bits per heavy atom. The van der Waals surface area contributed by atoms with Crippen molar-refractivity contribution < 1.29 is 14.6 Å². The molecule has 0 spiro atoms. The Morgan fingerprint density at radius 2 is 2.09 bits per heavy atom. The summed E-state index contributed by atoms with van der Waals surface area (Å²) in [5, 5.41) is 15.4. The van der Waals surface area contributed by atoms with E-state index in [9.17, 15) is 9.90 Å². The fourth-order valence-corrected chi connectivity index (χ4v) is 4.55. The Bertz CT molecular complexity index is 1270. The lowest BCUT2D eigenvalue weighted by Gasteiger charge is -2.14. The predicted molar refractivity (Wildman–Crippen MR) is 132 cm³/mol. The van der Waals surface area contributed by atoms with E-state index in [1.807, 2.05) is 36.6 Å². The SMILES string of the molecule is Cc1csc(Nc2ncc(SCCc3ccccn3)cc2Oc2cc(C(=O)O)ccc2Cl)n1. The van der Waals surface area contributed by atoms with E-state index < -0.39 is 5.97 Å². The van der Waals surface area contributed by atoms with Crippen LogP contribution in [0.25, 0.3) is 0 Å². The third-order valence-corrected chi connectivity index (χ3v) is 6.58. The Hall–Kier alpha value is -3.14. The third-order valence-electron chi connectivity index (χ3n) is 4.42. The normalized spacial score (nSPS) is 10.7. The standard InChI is InChI=1S/C23H19ClN4O3S2/c1-14-13-33-23(27-14)28-21-20(31-19-10-15(22(29)30)5-6-18(19)24)11-17(12-26-21)32-9-7-16-4-2-3-8-25-16/h2-6,8,10-13H,7,9H2,1H3,(H,29,30)(H,26,27,28). The van der Waals surface area contributed by atoms with Crippen LogP contribution >= 0.6 is 34.7 Å². The highest BCUT2D eigenvalue weighted by molar-refractivity contribution is 7.99. The van der Waals surface area contributed by atoms with E-state index in [1.54, 1.807) is 24.2 Å². The second-order valence-corrected chi connectivity index (χ2v) is 9.34. The average Bonchev–Trinajstić information content (AvgIpc) is 3.22. The van der Waals surface area contributed by atoms with Crippen LogP contribution < -0.4 is 10.1 Å². The Morgan fingerprint density at radius 1 is 1.21 bits per heavy atom. The highest BCUT2D eigenvalue weighted by Crippen LogP contribution is 2.37. The maximum Gasteiger partial charge on any atom is 0.335 e. The van der Waals surface area contributed by atoms with Crippen LogP contribution in [0.3, 0.4) is 0 Å². The van der Waals surface area contributed by atoms with Crippen molar-refractivity contribution in [3.05, 3.63) is 82.2 Å². The van der Waals surface area contributed by atoms with Crippen molar-refractivity contribution >= 4 is 51.6 Å². The molecule has 168 valence electrons. The summed E-state index contributed by atoms with van der Waals surface area (Å²) >= 11 is 9.35. The molecule has 0 amide bonds. The molecule has 0 radical (unpaired) electrons. The van der Waals surface area contributed by atoms with Gasteiger partial charge in [0.15, 0.2) is 16.7 Å². The van der Waals surface area contributed by atoms with Crippen molar-refractivity contribution in [2.24, 2.45) is 0 Å². The van der Waals surface area contributed by atoms with E-state index in [2.05, 4.69) is 20.3 Å². The van der Waals surface area contributed by atoms with Gasteiger partial charge in [-0.25, -0.2) is 14.8 Å². The lowest BCUT2D eigenvalue weighted by molar-refractivity contribution is 0.0696. The molecule has 0 aliphatic heterocycles. The fourth-order valence-electron chi connectivity index (χ4n) is 2.84. The molecule has 0 bridgehead atoms. The molecule has 0 fully saturated rings. The topological polar surface area (TPSA) is 97.2 Å². The van der Waals surface area contributed by atoms with E-state index >= 15 is 0 Å². The number of nitrogens with one attached hydrogen (secondary N) is 1. The van der Waals surface area contributed by atoms with Gasteiger partial charge >= 0.3 is 5.97 Å². The first-order chi connectivity index (χ1) is 16.0. The molecule has 0 saturated carbocycles. The molecule has 0 aliphatic rings. The summed E-state index contributed by atoms with van der Waals surface area (Å²) < 4.78 is 6.05. The van der Waals surface area contributed by atoms with Crippen LogP contribution in [0, 0.1) is 6.92 Å². The van der Waals surface area contributed by atoms with Crippen LogP contribution in [-0.2, 0) is 6.42 Å². The van der Waals surface area contributed by atoms with E-state index in [0.29, 0.717) is 21.7 Å². The highest BCUT2D eigenvalue weighted by Gasteiger charge is 2.15. The summed E-state index contributed by atoms with van der Waals surface area (Å²) in [6.07, 6.45) is 4.35. The minimum atomic E-state index is -1.06. The molecule has 0 aliphatic carbocycles. The number of halogens is 1. The van der Waals surface area contributed by atoms with Gasteiger partial charge in [-0.05, 0) is 49.7 Å². The number of carbonyl (C=O) groups is 1. The fraction of sp³-hybridized carbons (Fsp3) is 0.130. The van der Waals surface area contributed by atoms with Gasteiger partial charge in [-0.2, -0.15) is 0 Å². The minimum Gasteiger partial charge on any atom is -0.478 e. The van der Waals surface area contributed by atoms with Gasteiger partial charge < -0.3 is 15.2 Å². The van der Waals surface area contributed by atoms with Gasteiger partial charge in [-0.1, -0.05) is 17.7 Å². The molecule has 3 aromatic heterocycles. The molecule has 10 heteroatoms. The summed E-state index contributed by atoms with van der Waals surface area (Å²) in [7, 11) is 0. The molecule has 1 aromatic carbocycles. The number of hydrogen-bond acceptors (Lipinski definition) is 8. The van der Waals surface area contributed by atoms with E-state index in [0.717, 1.165) is 28.5 Å². The number of aromatic carboxylic acids is 1. The number of ether oxygens (including phenoxy) is 1. The molecule has 0 saturated heterocycles. The summed E-state index contributed by atoms with van der Waals surface area (Å²) in [6.45, 7) is 1.91. The quantitative estimate of drug-likeness (QED) is 0.253. The van der Waals surface area contributed by atoms with Crippen LogP contribution in [-0.4, -0.2) is 31.8 Å². The lowest BCUT2D eigenvalue weighted by Crippen LogP contribution is -2.00. The van der Waals surface area contributed by atoms with Crippen LogP contribution in [0.15, 0.2) is 65.1 Å². The maximum atomic E-state index is 11.4. The number of nitrogens with zero attached hydrogens (tertiary/aromatic N) is 3. The number of rotatable bonds is 9. The zero-order valence-electron chi connectivity index (χ0n) is 17.5. The van der Waals surface area contributed by atoms with E-state index in [4.69, 9.17) is 16.3 Å². The van der Waals surface area contributed by atoms with Gasteiger partial charge in [-0.3, -0.25) is 4.98 Å². The molecular weight excluding hydrogens is 480 g/mol. The Balaban J connectivity index is 1.59. The summed E-state index contributed by atoms with van der Waals surface area (Å²) in [4.78, 5) is 25.6. The van der Waals surface area contributed by atoms with Crippen molar-refractivity contribution in [2.45, 2.75) is 18.2 Å². The molecule has 3 heterocycles. The first kappa shape index (κ1) is 23.0. The highest BCUT2D eigenvalue weighted by atomic mass is 35.5. The first-order valence-corrected chi connectivity index (χ1v) is 12.1. The number of benzene rings is 1. The first-order valence-electron chi connectivity index (χ1n) is 9.90. The number of thiazole rings is 1. The summed E-state index contributed by atoms with van der Waals surface area (Å²) in [5.74, 6) is 0.842. The van der Waals surface area contributed by atoms with Gasteiger partial charge in [0.2, 0.25) is 0 Å². The minimum absolute atomic E-state index is 0.0771. The van der Waals surface area contributed by atoms with Gasteiger partial charge in [0, 0.05) is 34.1 Å². The second kappa shape index (κ2) is 10.7. The third kappa shape index (κ3) is 6.22. The molecule has 0 atom stereocenters. The van der Waals surface area contributed by atoms with Crippen molar-refractivity contribution in [3.8, 4) is 11.5 Å². The smallest absolute Gasteiger partial charge is 0.335 e. The van der Waals surface area contributed by atoms with Gasteiger partial charge in [0.1, 0.15) is 5.75 Å². The molecule has 2 N–H and O–H groups in total. The monoisotopic (exact) mass is 498 g/mol. The molecular formula is C23H19ClN4O3S2. The van der Waals surface area contributed by atoms with Crippen molar-refractivity contribution in [2.75, 3.05) is 11.1 Å². The van der Waals surface area contributed by atoms with Crippen LogP contribution in [0.4, 0.5) is 10.9 Å². The Kier molecular flexibility index (Phi) is 7.43. The van der Waals surface area contributed by atoms with Crippen LogP contribution in [0.1, 0.15) is 21.7 Å². The predicted octanol–water partition coefficient (Wildman–Crippen LogP) is 6.46. The number of thioether (sulfide) groups is 1. The van der Waals surface area contributed by atoms with Gasteiger partial charge in [0.25, 0.3) is 0 Å². The van der Waals surface area contributed by atoms with Crippen LogP contribution in [0.5, 0.6) is 11.5 Å². The number of carboxylic acid groups (broad SMARTS) is 1. The number of hydrogen-bond donors (Lipinski definition) is 2. The summed E-state index contributed by atoms with van der Waals surface area (Å²) in [6, 6.07) is 12.0. The van der Waals surface area contributed by atoms with E-state index in [-0.39, 0.29) is 11.3 Å². The van der Waals surface area contributed by atoms with E-state index in [1.165, 1.54) is 29.5 Å². The summed E-state index contributed by atoms with van der Waals surface area (Å²) in [5.41, 5.74) is 1.99. The zero-order valence-corrected chi connectivity index (χ0v) is 19.9. The zero-order chi connectivity index (χ0) is 23.2. The average molecular weight is 499 g/mol. The molecule has 33 heavy (non-hydrogen) atoms. The number of aryl methyl sites for hydroxylation is 2. The molecule has 4 aromatic rings. The number of anilines is 2. The Labute approximate surface area is 203 Å². The molecule has 4 rings (SSSR count). The van der Waals surface area contributed by atoms with Gasteiger partial charge in [-0.15, -0.1) is 23.1 Å².